The van der Waals surface area contributed by atoms with Gasteiger partial charge in [0, 0.05) is 43.1 Å². The van der Waals surface area contributed by atoms with Gasteiger partial charge in [0.25, 0.3) is 0 Å². The topological polar surface area (TPSA) is 98.8 Å². The number of nitrogens with zero attached hydrogens (tertiary/aromatic N) is 3. The summed E-state index contributed by atoms with van der Waals surface area (Å²) in [6.07, 6.45) is 2.56. The number of likely N-dealkylation sites (N-methyl/N-ethyl adjacent to an activating group) is 1. The maximum absolute atomic E-state index is 14.8. The fourth-order valence-electron chi connectivity index (χ4n) is 3.98. The minimum absolute atomic E-state index is 0.0218. The molecule has 0 saturated carbocycles. The van der Waals surface area contributed by atoms with E-state index >= 15 is 0 Å². The zero-order chi connectivity index (χ0) is 27.1. The number of urea groups is 1. The normalized spacial score (nSPS) is 14.7. The Balaban J connectivity index is 1.31. The Labute approximate surface area is 226 Å². The van der Waals surface area contributed by atoms with Gasteiger partial charge >= 0.3 is 6.03 Å². The van der Waals surface area contributed by atoms with Crippen molar-refractivity contribution in [3.63, 3.8) is 0 Å². The third-order valence-corrected chi connectivity index (χ3v) is 6.23. The molecule has 11 heteroatoms. The van der Waals surface area contributed by atoms with Crippen molar-refractivity contribution in [3.8, 4) is 11.5 Å². The number of likely N-dealkylation sites (tertiary alicyclic amines) is 1. The molecule has 2 heterocycles. The first kappa shape index (κ1) is 27.0. The summed E-state index contributed by atoms with van der Waals surface area (Å²) in [4.78, 5) is 32.8. The van der Waals surface area contributed by atoms with Crippen LogP contribution in [-0.2, 0) is 11.2 Å². The number of benzene rings is 2. The predicted octanol–water partition coefficient (Wildman–Crippen LogP) is 4.24. The molecule has 4 rings (SSSR count). The second-order valence-corrected chi connectivity index (χ2v) is 9.48. The summed E-state index contributed by atoms with van der Waals surface area (Å²) in [6, 6.07) is 16.7. The zero-order valence-corrected chi connectivity index (χ0v) is 21.9. The van der Waals surface area contributed by atoms with Crippen LogP contribution in [0.1, 0.15) is 12.0 Å². The number of rotatable bonds is 7. The number of carbonyl (C=O) groups excluding carboxylic acids is 2. The molecule has 1 aliphatic heterocycles. The van der Waals surface area contributed by atoms with Crippen molar-refractivity contribution in [1.82, 2.24) is 20.1 Å². The van der Waals surface area contributed by atoms with Crippen LogP contribution in [-0.4, -0.2) is 65.1 Å². The first-order chi connectivity index (χ1) is 18.3. The maximum atomic E-state index is 14.8. The minimum atomic E-state index is -0.636. The number of thiocarbonyl (C=S) groups is 1. The SMILES string of the molecule is CN(C)[C@@H]1CCN(C(=O)Nc2cc(Oc3ccc(NC(=S)NC(=O)Cc4ccccc4)cc3F)ccn2)C1. The molecule has 0 radical (unpaired) electrons. The highest BCUT2D eigenvalue weighted by molar-refractivity contribution is 7.80. The third kappa shape index (κ3) is 7.46. The monoisotopic (exact) mass is 536 g/mol. The van der Waals surface area contributed by atoms with Crippen LogP contribution in [0.3, 0.4) is 0 Å². The van der Waals surface area contributed by atoms with Crippen LogP contribution in [0.15, 0.2) is 66.9 Å². The number of ether oxygens (including phenoxy) is 1. The molecule has 0 aliphatic carbocycles. The Hall–Kier alpha value is -4.09. The van der Waals surface area contributed by atoms with Gasteiger partial charge in [-0.1, -0.05) is 30.3 Å². The van der Waals surface area contributed by atoms with E-state index in [9.17, 15) is 14.0 Å². The molecule has 1 aromatic heterocycles. The van der Waals surface area contributed by atoms with Crippen molar-refractivity contribution in [1.29, 1.82) is 0 Å². The highest BCUT2D eigenvalue weighted by atomic mass is 32.1. The molecule has 0 bridgehead atoms. The van der Waals surface area contributed by atoms with E-state index in [-0.39, 0.29) is 29.2 Å². The molecule has 3 amide bonds. The molecule has 3 aromatic rings. The van der Waals surface area contributed by atoms with Crippen LogP contribution in [0.2, 0.25) is 0 Å². The second-order valence-electron chi connectivity index (χ2n) is 9.07. The van der Waals surface area contributed by atoms with E-state index in [1.165, 1.54) is 24.4 Å². The quantitative estimate of drug-likeness (QED) is 0.389. The number of pyridine rings is 1. The summed E-state index contributed by atoms with van der Waals surface area (Å²) in [5.74, 6) is -0.326. The van der Waals surface area contributed by atoms with Gasteiger partial charge in [-0.3, -0.25) is 10.1 Å². The number of hydrogen-bond acceptors (Lipinski definition) is 6. The molecule has 3 N–H and O–H groups in total. The average Bonchev–Trinajstić information content (AvgIpc) is 3.38. The Morgan fingerprint density at radius 3 is 2.63 bits per heavy atom. The first-order valence-corrected chi connectivity index (χ1v) is 12.5. The van der Waals surface area contributed by atoms with Crippen molar-refractivity contribution in [2.24, 2.45) is 0 Å². The Bertz CT molecular complexity index is 1310. The lowest BCUT2D eigenvalue weighted by Gasteiger charge is -2.20. The Kier molecular flexibility index (Phi) is 8.82. The molecule has 9 nitrogen and oxygen atoms in total. The smallest absolute Gasteiger partial charge is 0.323 e. The zero-order valence-electron chi connectivity index (χ0n) is 21.1. The number of aromatic nitrogens is 1. The summed E-state index contributed by atoms with van der Waals surface area (Å²) in [7, 11) is 3.99. The summed E-state index contributed by atoms with van der Waals surface area (Å²) in [6.45, 7) is 1.30. The number of amides is 3. The molecular formula is C27H29FN6O3S. The van der Waals surface area contributed by atoms with Gasteiger partial charge in [0.05, 0.1) is 6.42 Å². The van der Waals surface area contributed by atoms with Crippen molar-refractivity contribution >= 4 is 40.8 Å². The lowest BCUT2D eigenvalue weighted by molar-refractivity contribution is -0.119. The third-order valence-electron chi connectivity index (χ3n) is 6.03. The van der Waals surface area contributed by atoms with Crippen molar-refractivity contribution < 1.29 is 18.7 Å². The largest absolute Gasteiger partial charge is 0.454 e. The standard InChI is InChI=1S/C27H29FN6O3S/c1-33(2)20-11-13-34(17-20)27(36)31-24-16-21(10-12-29-24)37-23-9-8-19(15-22(23)28)30-26(38)32-25(35)14-18-6-4-3-5-7-18/h3-10,12,15-16,20H,11,13-14,17H2,1-2H3,(H,29,31,36)(H2,30,32,35,38)/t20-/m1/s1. The summed E-state index contributed by atoms with van der Waals surface area (Å²) in [5.41, 5.74) is 1.21. The van der Waals surface area contributed by atoms with Crippen LogP contribution >= 0.6 is 12.2 Å². The van der Waals surface area contributed by atoms with E-state index in [2.05, 4.69) is 25.8 Å². The predicted molar refractivity (Wildman–Crippen MR) is 148 cm³/mol. The molecule has 1 atom stereocenters. The van der Waals surface area contributed by atoms with Gasteiger partial charge in [-0.2, -0.15) is 0 Å². The summed E-state index contributed by atoms with van der Waals surface area (Å²) >= 11 is 5.17. The highest BCUT2D eigenvalue weighted by Crippen LogP contribution is 2.28. The second kappa shape index (κ2) is 12.4. The molecule has 1 fully saturated rings. The lowest BCUT2D eigenvalue weighted by Crippen LogP contribution is -2.37. The number of carbonyl (C=O) groups is 2. The van der Waals surface area contributed by atoms with E-state index in [0.29, 0.717) is 36.4 Å². The molecule has 38 heavy (non-hydrogen) atoms. The molecule has 0 unspecified atom stereocenters. The lowest BCUT2D eigenvalue weighted by atomic mass is 10.1. The molecule has 1 saturated heterocycles. The van der Waals surface area contributed by atoms with Crippen LogP contribution in [0.5, 0.6) is 11.5 Å². The first-order valence-electron chi connectivity index (χ1n) is 12.1. The van der Waals surface area contributed by atoms with E-state index in [1.54, 1.807) is 17.0 Å². The van der Waals surface area contributed by atoms with Gasteiger partial charge in [0.2, 0.25) is 5.91 Å². The van der Waals surface area contributed by atoms with E-state index in [4.69, 9.17) is 17.0 Å². The van der Waals surface area contributed by atoms with Crippen LogP contribution in [0, 0.1) is 5.82 Å². The van der Waals surface area contributed by atoms with Crippen LogP contribution in [0.4, 0.5) is 20.7 Å². The van der Waals surface area contributed by atoms with E-state index in [1.807, 2.05) is 44.4 Å². The Morgan fingerprint density at radius 1 is 1.13 bits per heavy atom. The number of halogens is 1. The fraction of sp³-hybridized carbons (Fsp3) is 0.259. The van der Waals surface area contributed by atoms with Gasteiger partial charge < -0.3 is 25.2 Å². The molecule has 198 valence electrons. The maximum Gasteiger partial charge on any atom is 0.323 e. The summed E-state index contributed by atoms with van der Waals surface area (Å²) < 4.78 is 20.4. The van der Waals surface area contributed by atoms with Crippen molar-refractivity contribution in [3.05, 3.63) is 78.2 Å². The fourth-order valence-corrected chi connectivity index (χ4v) is 4.21. The number of nitrogens with one attached hydrogen (secondary N) is 3. The summed E-state index contributed by atoms with van der Waals surface area (Å²) in [5, 5.41) is 8.21. The van der Waals surface area contributed by atoms with Gasteiger partial charge in [-0.15, -0.1) is 0 Å². The van der Waals surface area contributed by atoms with Gasteiger partial charge in [-0.25, -0.2) is 14.2 Å². The van der Waals surface area contributed by atoms with E-state index < -0.39 is 5.82 Å². The number of hydrogen-bond donors (Lipinski definition) is 3. The number of anilines is 2. The minimum Gasteiger partial charge on any atom is -0.454 e. The van der Waals surface area contributed by atoms with Gasteiger partial charge in [0.1, 0.15) is 11.6 Å². The molecular weight excluding hydrogens is 507 g/mol. The van der Waals surface area contributed by atoms with Gasteiger partial charge in [0.15, 0.2) is 16.7 Å². The van der Waals surface area contributed by atoms with Crippen LogP contribution < -0.4 is 20.7 Å². The van der Waals surface area contributed by atoms with Gasteiger partial charge in [-0.05, 0) is 56.5 Å². The average molecular weight is 537 g/mol. The molecule has 1 aliphatic rings. The van der Waals surface area contributed by atoms with E-state index in [0.717, 1.165) is 12.0 Å². The van der Waals surface area contributed by atoms with Crippen LogP contribution in [0.25, 0.3) is 0 Å². The Morgan fingerprint density at radius 2 is 1.92 bits per heavy atom. The highest BCUT2D eigenvalue weighted by Gasteiger charge is 2.27. The molecule has 2 aromatic carbocycles. The van der Waals surface area contributed by atoms with Crippen molar-refractivity contribution in [2.45, 2.75) is 18.9 Å². The van der Waals surface area contributed by atoms with Crippen molar-refractivity contribution in [2.75, 3.05) is 37.8 Å². The molecule has 0 spiro atoms.